The van der Waals surface area contributed by atoms with E-state index in [9.17, 15) is 0 Å². The highest BCUT2D eigenvalue weighted by Gasteiger charge is 2.16. The number of nitrogens with zero attached hydrogens (tertiary/aromatic N) is 3. The Kier molecular flexibility index (Phi) is 4.58. The van der Waals surface area contributed by atoms with Crippen LogP contribution in [-0.2, 0) is 6.42 Å². The highest BCUT2D eigenvalue weighted by Crippen LogP contribution is 2.35. The first-order valence-electron chi connectivity index (χ1n) is 5.57. The van der Waals surface area contributed by atoms with Gasteiger partial charge in [-0.15, -0.1) is 11.3 Å². The Bertz CT molecular complexity index is 515. The van der Waals surface area contributed by atoms with E-state index in [1.807, 2.05) is 4.68 Å². The average molecular weight is 394 g/mol. The molecule has 2 aromatic heterocycles. The van der Waals surface area contributed by atoms with Crippen molar-refractivity contribution >= 4 is 43.2 Å². The van der Waals surface area contributed by atoms with Gasteiger partial charge in [0.1, 0.15) is 12.2 Å². The van der Waals surface area contributed by atoms with Gasteiger partial charge in [-0.3, -0.25) is 0 Å². The lowest BCUT2D eigenvalue weighted by molar-refractivity contribution is 0.494. The number of aromatic nitrogens is 3. The Labute approximate surface area is 127 Å². The lowest BCUT2D eigenvalue weighted by Gasteiger charge is -2.12. The molecule has 18 heavy (non-hydrogen) atoms. The third-order valence-electron chi connectivity index (χ3n) is 2.57. The van der Waals surface area contributed by atoms with E-state index in [2.05, 4.69) is 61.9 Å². The topological polar surface area (TPSA) is 56.7 Å². The lowest BCUT2D eigenvalue weighted by atomic mass is 10.2. The van der Waals surface area contributed by atoms with E-state index in [1.165, 1.54) is 0 Å². The molecule has 2 heterocycles. The van der Waals surface area contributed by atoms with E-state index in [1.54, 1.807) is 17.7 Å². The van der Waals surface area contributed by atoms with Crippen LogP contribution in [0.1, 0.15) is 36.6 Å². The van der Waals surface area contributed by atoms with Gasteiger partial charge in [0.25, 0.3) is 0 Å². The SMILES string of the molecule is CC(C)n1ncnc1CC(N)c1cc(Br)c(Br)s1. The number of thiophene rings is 1. The zero-order chi connectivity index (χ0) is 13.3. The minimum absolute atomic E-state index is 0.0562. The van der Waals surface area contributed by atoms with Crippen LogP contribution in [0.3, 0.4) is 0 Å². The Hall–Kier alpha value is -0.240. The van der Waals surface area contributed by atoms with Crippen LogP contribution in [0.2, 0.25) is 0 Å². The van der Waals surface area contributed by atoms with E-state index in [-0.39, 0.29) is 6.04 Å². The van der Waals surface area contributed by atoms with E-state index in [4.69, 9.17) is 5.73 Å². The van der Waals surface area contributed by atoms with Crippen LogP contribution in [0.5, 0.6) is 0 Å². The fourth-order valence-electron chi connectivity index (χ4n) is 1.69. The number of hydrogen-bond donors (Lipinski definition) is 1. The standard InChI is InChI=1S/C11H14Br2N4S/c1-6(2)17-10(15-5-16-17)4-8(14)9-3-7(12)11(13)18-9/h3,5-6,8H,4,14H2,1-2H3. The molecule has 0 aliphatic heterocycles. The Morgan fingerprint density at radius 3 is 2.72 bits per heavy atom. The van der Waals surface area contributed by atoms with Gasteiger partial charge in [0.15, 0.2) is 0 Å². The maximum Gasteiger partial charge on any atom is 0.138 e. The predicted molar refractivity (Wildman–Crippen MR) is 80.8 cm³/mol. The molecule has 7 heteroatoms. The molecule has 0 spiro atoms. The average Bonchev–Trinajstić information content (AvgIpc) is 2.87. The van der Waals surface area contributed by atoms with Crippen LogP contribution >= 0.6 is 43.2 Å². The van der Waals surface area contributed by atoms with Gasteiger partial charge >= 0.3 is 0 Å². The highest BCUT2D eigenvalue weighted by atomic mass is 79.9. The first-order valence-corrected chi connectivity index (χ1v) is 7.98. The number of halogens is 2. The van der Waals surface area contributed by atoms with E-state index < -0.39 is 0 Å². The zero-order valence-electron chi connectivity index (χ0n) is 10.1. The third-order valence-corrected chi connectivity index (χ3v) is 5.96. The second-order valence-electron chi connectivity index (χ2n) is 4.30. The molecule has 2 N–H and O–H groups in total. The molecule has 4 nitrogen and oxygen atoms in total. The largest absolute Gasteiger partial charge is 0.323 e. The van der Waals surface area contributed by atoms with Crippen molar-refractivity contribution < 1.29 is 0 Å². The fourth-order valence-corrected chi connectivity index (χ4v) is 3.79. The number of nitrogens with two attached hydrogens (primary N) is 1. The van der Waals surface area contributed by atoms with Gasteiger partial charge in [0.2, 0.25) is 0 Å². The van der Waals surface area contributed by atoms with Crippen LogP contribution < -0.4 is 5.73 Å². The van der Waals surface area contributed by atoms with Crippen molar-refractivity contribution in [3.63, 3.8) is 0 Å². The summed E-state index contributed by atoms with van der Waals surface area (Å²) in [6.45, 7) is 4.17. The molecular formula is C11H14Br2N4S. The molecule has 98 valence electrons. The first kappa shape index (κ1) is 14.2. The maximum absolute atomic E-state index is 6.23. The smallest absolute Gasteiger partial charge is 0.138 e. The van der Waals surface area contributed by atoms with Crippen molar-refractivity contribution in [2.45, 2.75) is 32.4 Å². The van der Waals surface area contributed by atoms with Crippen molar-refractivity contribution in [2.24, 2.45) is 5.73 Å². The van der Waals surface area contributed by atoms with Gasteiger partial charge in [0, 0.05) is 27.9 Å². The Morgan fingerprint density at radius 1 is 1.44 bits per heavy atom. The Balaban J connectivity index is 2.16. The van der Waals surface area contributed by atoms with Crippen LogP contribution in [0.25, 0.3) is 0 Å². The van der Waals surface area contributed by atoms with Crippen molar-refractivity contribution in [1.82, 2.24) is 14.8 Å². The second-order valence-corrected chi connectivity index (χ2v) is 7.55. The van der Waals surface area contributed by atoms with Crippen LogP contribution in [0, 0.1) is 0 Å². The summed E-state index contributed by atoms with van der Waals surface area (Å²) >= 11 is 8.60. The second kappa shape index (κ2) is 5.81. The summed E-state index contributed by atoms with van der Waals surface area (Å²) in [4.78, 5) is 5.42. The van der Waals surface area contributed by atoms with E-state index in [0.717, 1.165) is 19.0 Å². The summed E-state index contributed by atoms with van der Waals surface area (Å²) < 4.78 is 4.03. The molecule has 0 saturated carbocycles. The minimum Gasteiger partial charge on any atom is -0.323 e. The summed E-state index contributed by atoms with van der Waals surface area (Å²) in [6.07, 6.45) is 2.28. The lowest BCUT2D eigenvalue weighted by Crippen LogP contribution is -2.17. The molecule has 2 rings (SSSR count). The van der Waals surface area contributed by atoms with Gasteiger partial charge in [-0.2, -0.15) is 5.10 Å². The Morgan fingerprint density at radius 2 is 2.17 bits per heavy atom. The number of hydrogen-bond acceptors (Lipinski definition) is 4. The first-order chi connectivity index (χ1) is 8.49. The van der Waals surface area contributed by atoms with Crippen LogP contribution in [0.4, 0.5) is 0 Å². The monoisotopic (exact) mass is 392 g/mol. The number of rotatable bonds is 4. The van der Waals surface area contributed by atoms with Crippen molar-refractivity contribution in [1.29, 1.82) is 0 Å². The van der Waals surface area contributed by atoms with E-state index >= 15 is 0 Å². The minimum atomic E-state index is -0.0562. The molecule has 0 aromatic carbocycles. The van der Waals surface area contributed by atoms with Gasteiger partial charge in [-0.25, -0.2) is 9.67 Å². The molecule has 0 bridgehead atoms. The third kappa shape index (κ3) is 3.01. The highest BCUT2D eigenvalue weighted by molar-refractivity contribution is 9.13. The van der Waals surface area contributed by atoms with Crippen LogP contribution in [0.15, 0.2) is 20.7 Å². The fraction of sp³-hybridized carbons (Fsp3) is 0.455. The summed E-state index contributed by atoms with van der Waals surface area (Å²) in [7, 11) is 0. The summed E-state index contributed by atoms with van der Waals surface area (Å²) in [5, 5.41) is 4.22. The molecule has 0 fully saturated rings. The van der Waals surface area contributed by atoms with E-state index in [0.29, 0.717) is 12.5 Å². The molecule has 0 aliphatic carbocycles. The van der Waals surface area contributed by atoms with Crippen LogP contribution in [-0.4, -0.2) is 14.8 Å². The molecule has 2 aromatic rings. The molecule has 0 radical (unpaired) electrons. The molecule has 0 aliphatic rings. The van der Waals surface area contributed by atoms with Gasteiger partial charge in [-0.1, -0.05) is 0 Å². The molecule has 0 amide bonds. The van der Waals surface area contributed by atoms with Gasteiger partial charge in [0.05, 0.1) is 3.79 Å². The van der Waals surface area contributed by atoms with Gasteiger partial charge in [-0.05, 0) is 51.8 Å². The summed E-state index contributed by atoms with van der Waals surface area (Å²) in [6, 6.07) is 2.30. The molecule has 1 unspecified atom stereocenters. The molecule has 1 atom stereocenters. The zero-order valence-corrected chi connectivity index (χ0v) is 14.1. The van der Waals surface area contributed by atoms with Crippen molar-refractivity contribution in [3.05, 3.63) is 31.4 Å². The molecule has 0 saturated heterocycles. The normalized spacial score (nSPS) is 13.2. The van der Waals surface area contributed by atoms with Gasteiger partial charge < -0.3 is 5.73 Å². The summed E-state index contributed by atoms with van der Waals surface area (Å²) in [5.74, 6) is 0.929. The van der Waals surface area contributed by atoms with Crippen molar-refractivity contribution in [3.8, 4) is 0 Å². The predicted octanol–water partition coefficient (Wildman–Crippen LogP) is 3.69. The maximum atomic E-state index is 6.23. The molecular weight excluding hydrogens is 380 g/mol. The quantitative estimate of drug-likeness (QED) is 0.861. The summed E-state index contributed by atoms with van der Waals surface area (Å²) in [5.41, 5.74) is 6.23. The van der Waals surface area contributed by atoms with Crippen molar-refractivity contribution in [2.75, 3.05) is 0 Å².